The SMILES string of the molecule is COC(=O)[C@@H]1[C@H]2C[C@@H]3N(CC[C@]34C(=O)Nc3ccccc34)C[C@@H]2CC[C@H]1O. The number of hydrogen-bond donors (Lipinski definition) is 2. The third-order valence-corrected chi connectivity index (χ3v) is 7.62. The van der Waals surface area contributed by atoms with Crippen molar-refractivity contribution in [3.05, 3.63) is 29.8 Å². The summed E-state index contributed by atoms with van der Waals surface area (Å²) >= 11 is 0. The number of esters is 1. The number of carbonyl (C=O) groups excluding carboxylic acids is 2. The van der Waals surface area contributed by atoms with Crippen LogP contribution in [0.1, 0.15) is 31.2 Å². The summed E-state index contributed by atoms with van der Waals surface area (Å²) in [6.45, 7) is 1.80. The van der Waals surface area contributed by atoms with Crippen LogP contribution in [0.4, 0.5) is 5.69 Å². The van der Waals surface area contributed by atoms with Crippen molar-refractivity contribution in [1.29, 1.82) is 0 Å². The minimum absolute atomic E-state index is 0.0676. The fourth-order valence-corrected chi connectivity index (χ4v) is 6.39. The van der Waals surface area contributed by atoms with Crippen molar-refractivity contribution >= 4 is 17.6 Å². The Balaban J connectivity index is 1.53. The van der Waals surface area contributed by atoms with E-state index in [0.29, 0.717) is 12.3 Å². The molecule has 6 nitrogen and oxygen atoms in total. The summed E-state index contributed by atoms with van der Waals surface area (Å²) < 4.78 is 5.02. The molecule has 27 heavy (non-hydrogen) atoms. The van der Waals surface area contributed by atoms with Gasteiger partial charge in [-0.05, 0) is 55.7 Å². The quantitative estimate of drug-likeness (QED) is 0.733. The minimum Gasteiger partial charge on any atom is -0.469 e. The van der Waals surface area contributed by atoms with Gasteiger partial charge in [0.2, 0.25) is 5.91 Å². The van der Waals surface area contributed by atoms with Crippen molar-refractivity contribution in [2.75, 3.05) is 25.5 Å². The lowest BCUT2D eigenvalue weighted by Gasteiger charge is -2.49. The van der Waals surface area contributed by atoms with Crippen molar-refractivity contribution < 1.29 is 19.4 Å². The Morgan fingerprint density at radius 1 is 1.33 bits per heavy atom. The Labute approximate surface area is 158 Å². The highest BCUT2D eigenvalue weighted by molar-refractivity contribution is 6.07. The average molecular weight is 370 g/mol. The van der Waals surface area contributed by atoms with E-state index in [-0.39, 0.29) is 23.8 Å². The molecule has 2 saturated heterocycles. The van der Waals surface area contributed by atoms with Crippen molar-refractivity contribution in [1.82, 2.24) is 4.90 Å². The Bertz CT molecular complexity index is 796. The summed E-state index contributed by atoms with van der Waals surface area (Å²) in [5, 5.41) is 13.6. The van der Waals surface area contributed by atoms with Crippen LogP contribution in [0.15, 0.2) is 24.3 Å². The van der Waals surface area contributed by atoms with Gasteiger partial charge in [0.25, 0.3) is 0 Å². The molecule has 2 N–H and O–H groups in total. The zero-order valence-corrected chi connectivity index (χ0v) is 15.6. The molecule has 6 heteroatoms. The lowest BCUT2D eigenvalue weighted by molar-refractivity contribution is -0.159. The molecule has 3 aliphatic heterocycles. The number of carbonyl (C=O) groups is 2. The van der Waals surface area contributed by atoms with Gasteiger partial charge in [-0.2, -0.15) is 0 Å². The van der Waals surface area contributed by atoms with E-state index in [4.69, 9.17) is 4.74 Å². The number of amides is 1. The number of aliphatic hydroxyl groups is 1. The number of nitrogens with zero attached hydrogens (tertiary/aromatic N) is 1. The second-order valence-electron chi connectivity index (χ2n) is 8.59. The normalized spacial score (nSPS) is 40.2. The molecule has 1 amide bonds. The third-order valence-electron chi connectivity index (χ3n) is 7.62. The highest BCUT2D eigenvalue weighted by Crippen LogP contribution is 2.54. The third kappa shape index (κ3) is 2.26. The molecule has 144 valence electrons. The van der Waals surface area contributed by atoms with Crippen LogP contribution in [0, 0.1) is 17.8 Å². The first-order chi connectivity index (χ1) is 13.1. The van der Waals surface area contributed by atoms with Gasteiger partial charge in [-0.25, -0.2) is 0 Å². The number of methoxy groups -OCH3 is 1. The molecule has 0 radical (unpaired) electrons. The minimum atomic E-state index is -0.646. The molecule has 6 atom stereocenters. The zero-order valence-electron chi connectivity index (χ0n) is 15.6. The summed E-state index contributed by atoms with van der Waals surface area (Å²) in [5.74, 6) is -0.260. The predicted molar refractivity (Wildman–Crippen MR) is 99.1 cm³/mol. The van der Waals surface area contributed by atoms with Crippen molar-refractivity contribution in [2.45, 2.75) is 43.2 Å². The van der Waals surface area contributed by atoms with E-state index in [2.05, 4.69) is 16.3 Å². The molecule has 1 aromatic carbocycles. The van der Waals surface area contributed by atoms with E-state index in [0.717, 1.165) is 43.6 Å². The lowest BCUT2D eigenvalue weighted by Crippen LogP contribution is -2.57. The van der Waals surface area contributed by atoms with Gasteiger partial charge >= 0.3 is 5.97 Å². The molecule has 3 heterocycles. The van der Waals surface area contributed by atoms with E-state index in [1.807, 2.05) is 18.2 Å². The Hall–Kier alpha value is -1.92. The fourth-order valence-electron chi connectivity index (χ4n) is 6.39. The largest absolute Gasteiger partial charge is 0.469 e. The van der Waals surface area contributed by atoms with E-state index in [1.165, 1.54) is 7.11 Å². The maximum atomic E-state index is 13.1. The summed E-state index contributed by atoms with van der Waals surface area (Å²) in [6.07, 6.45) is 2.49. The van der Waals surface area contributed by atoms with Crippen molar-refractivity contribution in [3.8, 4) is 0 Å². The van der Waals surface area contributed by atoms with Crippen molar-refractivity contribution in [2.24, 2.45) is 17.8 Å². The number of anilines is 1. The van der Waals surface area contributed by atoms with Crippen LogP contribution >= 0.6 is 0 Å². The number of rotatable bonds is 1. The number of benzene rings is 1. The molecule has 0 aromatic heterocycles. The van der Waals surface area contributed by atoms with Gasteiger partial charge in [-0.1, -0.05) is 18.2 Å². The Kier molecular flexibility index (Phi) is 3.85. The molecule has 1 aromatic rings. The Morgan fingerprint density at radius 2 is 2.15 bits per heavy atom. The topological polar surface area (TPSA) is 78.9 Å². The van der Waals surface area contributed by atoms with Gasteiger partial charge < -0.3 is 15.2 Å². The maximum Gasteiger partial charge on any atom is 0.311 e. The van der Waals surface area contributed by atoms with Gasteiger partial charge in [-0.3, -0.25) is 14.5 Å². The smallest absolute Gasteiger partial charge is 0.311 e. The molecule has 1 spiro atoms. The van der Waals surface area contributed by atoms with E-state index >= 15 is 0 Å². The number of nitrogens with one attached hydrogen (secondary N) is 1. The highest BCUT2D eigenvalue weighted by atomic mass is 16.5. The second kappa shape index (κ2) is 6.04. The molecular formula is C21H26N2O4. The molecule has 1 saturated carbocycles. The molecule has 0 bridgehead atoms. The average Bonchev–Trinajstić information content (AvgIpc) is 3.19. The zero-order chi connectivity index (χ0) is 18.8. The molecule has 0 unspecified atom stereocenters. The monoisotopic (exact) mass is 370 g/mol. The second-order valence-corrected chi connectivity index (χ2v) is 8.59. The van der Waals surface area contributed by atoms with E-state index < -0.39 is 17.4 Å². The number of ether oxygens (including phenoxy) is 1. The molecule has 4 aliphatic rings. The van der Waals surface area contributed by atoms with Gasteiger partial charge in [0.1, 0.15) is 0 Å². The number of fused-ring (bicyclic) bond motifs is 5. The predicted octanol–water partition coefficient (Wildman–Crippen LogP) is 1.53. The number of piperidine rings is 1. The molecular weight excluding hydrogens is 344 g/mol. The number of aliphatic hydroxyl groups excluding tert-OH is 1. The number of para-hydroxylation sites is 1. The van der Waals surface area contributed by atoms with Crippen LogP contribution in [0.25, 0.3) is 0 Å². The summed E-state index contributed by atoms with van der Waals surface area (Å²) in [7, 11) is 1.39. The van der Waals surface area contributed by atoms with Gasteiger partial charge in [0.05, 0.1) is 24.5 Å². The van der Waals surface area contributed by atoms with Gasteiger partial charge in [0.15, 0.2) is 0 Å². The first-order valence-corrected chi connectivity index (χ1v) is 9.97. The molecule has 1 aliphatic carbocycles. The highest BCUT2D eigenvalue weighted by Gasteiger charge is 2.61. The van der Waals surface area contributed by atoms with Crippen LogP contribution in [-0.2, 0) is 19.7 Å². The first-order valence-electron chi connectivity index (χ1n) is 9.97. The van der Waals surface area contributed by atoms with Crippen molar-refractivity contribution in [3.63, 3.8) is 0 Å². The van der Waals surface area contributed by atoms with Crippen LogP contribution in [0.3, 0.4) is 0 Å². The van der Waals surface area contributed by atoms with E-state index in [1.54, 1.807) is 0 Å². The summed E-state index contributed by atoms with van der Waals surface area (Å²) in [4.78, 5) is 28.0. The van der Waals surface area contributed by atoms with Crippen LogP contribution in [-0.4, -0.2) is 54.2 Å². The fraction of sp³-hybridized carbons (Fsp3) is 0.619. The molecule has 5 rings (SSSR count). The van der Waals surface area contributed by atoms with Gasteiger partial charge in [0, 0.05) is 18.3 Å². The van der Waals surface area contributed by atoms with Crippen LogP contribution in [0.2, 0.25) is 0 Å². The van der Waals surface area contributed by atoms with Gasteiger partial charge in [-0.15, -0.1) is 0 Å². The van der Waals surface area contributed by atoms with Crippen LogP contribution < -0.4 is 5.32 Å². The molecule has 3 fully saturated rings. The summed E-state index contributed by atoms with van der Waals surface area (Å²) in [6, 6.07) is 8.05. The van der Waals surface area contributed by atoms with E-state index in [9.17, 15) is 14.7 Å². The lowest BCUT2D eigenvalue weighted by atomic mass is 9.62. The standard InChI is InChI=1S/C21H26N2O4/c1-27-19(25)18-13-10-17-21(14-4-2-3-5-15(14)22-20(21)26)8-9-23(17)11-12(13)6-7-16(18)24/h2-5,12-13,16-18,24H,6-11H2,1H3,(H,22,26)/t12-,13-,16+,17-,18+,21+/m0/s1. The number of hydrogen-bond acceptors (Lipinski definition) is 5. The first kappa shape index (κ1) is 17.2. The Morgan fingerprint density at radius 3 is 2.96 bits per heavy atom. The maximum absolute atomic E-state index is 13.1. The van der Waals surface area contributed by atoms with Crippen LogP contribution in [0.5, 0.6) is 0 Å². The summed E-state index contributed by atoms with van der Waals surface area (Å²) in [5.41, 5.74) is 1.47.